The number of rotatable bonds is 27. The number of hydrogen-bond donors (Lipinski definition) is 3. The average Bonchev–Trinajstić information content (AvgIpc) is 3.43. The van der Waals surface area contributed by atoms with Gasteiger partial charge >= 0.3 is 0 Å². The lowest BCUT2D eigenvalue weighted by molar-refractivity contribution is -0.293. The molecule has 0 bridgehead atoms. The number of aliphatic hydroxyl groups is 3. The Balaban J connectivity index is 1.19. The van der Waals surface area contributed by atoms with Gasteiger partial charge in [0.05, 0.1) is 33.0 Å². The van der Waals surface area contributed by atoms with E-state index < -0.39 is 49.0 Å². The summed E-state index contributed by atoms with van der Waals surface area (Å²) >= 11 is 0. The van der Waals surface area contributed by atoms with E-state index in [-0.39, 0.29) is 57.8 Å². The molecule has 0 amide bonds. The summed E-state index contributed by atoms with van der Waals surface area (Å²) in [4.78, 5) is 0. The Bertz CT molecular complexity index is 2590. The van der Waals surface area contributed by atoms with Gasteiger partial charge in [-0.2, -0.15) is 0 Å². The molecule has 7 aromatic carbocycles. The van der Waals surface area contributed by atoms with Crippen LogP contribution in [0.5, 0.6) is 0 Å². The lowest BCUT2D eigenvalue weighted by Crippen LogP contribution is -2.66. The van der Waals surface area contributed by atoms with E-state index in [1.54, 1.807) is 0 Å². The van der Waals surface area contributed by atoms with Crippen LogP contribution < -0.4 is 0 Å². The maximum atomic E-state index is 12.9. The molecule has 0 aromatic heterocycles. The first-order valence-electron chi connectivity index (χ1n) is 24.5. The first kappa shape index (κ1) is 51.9. The maximum absolute atomic E-state index is 12.9. The third-order valence-corrected chi connectivity index (χ3v) is 12.3. The molecule has 0 heterocycles. The topological polar surface area (TPSA) is 135 Å². The van der Waals surface area contributed by atoms with Crippen molar-refractivity contribution in [3.63, 3.8) is 0 Å². The van der Waals surface area contributed by atoms with Crippen molar-refractivity contribution in [1.29, 1.82) is 0 Å². The summed E-state index contributed by atoms with van der Waals surface area (Å²) in [5.41, 5.74) is 6.12. The molecule has 1 fully saturated rings. The minimum absolute atomic E-state index is 0.0101. The molecule has 1 aliphatic carbocycles. The molecule has 11 heteroatoms. The van der Waals surface area contributed by atoms with Crippen molar-refractivity contribution in [2.24, 2.45) is 0 Å². The van der Waals surface area contributed by atoms with Crippen LogP contribution in [0.4, 0.5) is 0 Å². The molecule has 8 atom stereocenters. The van der Waals surface area contributed by atoms with Crippen molar-refractivity contribution >= 4 is 0 Å². The van der Waals surface area contributed by atoms with Crippen molar-refractivity contribution in [3.8, 4) is 0 Å². The molecule has 0 aliphatic heterocycles. The summed E-state index contributed by atoms with van der Waals surface area (Å²) in [6.07, 6.45) is -10.3. The molecule has 11 nitrogen and oxygen atoms in total. The quantitative estimate of drug-likeness (QED) is 0.0258. The van der Waals surface area contributed by atoms with Gasteiger partial charge in [0.15, 0.2) is 11.5 Å². The lowest BCUT2D eigenvalue weighted by Gasteiger charge is -2.47. The van der Waals surface area contributed by atoms with Crippen molar-refractivity contribution in [2.45, 2.75) is 102 Å². The molecule has 72 heavy (non-hydrogen) atoms. The predicted octanol–water partition coefficient (Wildman–Crippen LogP) is 10.0. The Morgan fingerprint density at radius 3 is 1.12 bits per heavy atom. The van der Waals surface area contributed by atoms with Crippen molar-refractivity contribution in [3.05, 3.63) is 263 Å². The SMILES string of the molecule is OC1C(OCc2ccccc2)[C@H](O)C(O[C@H](O)/C(OCc2ccccc2)=C(/OCc2ccccc2)[C@H](CCOCc2ccccc2)OCc2ccccc2)C(OCc2ccccc2)[C@H]1OCc1ccccc1. The van der Waals surface area contributed by atoms with Crippen LogP contribution in [0.2, 0.25) is 0 Å². The molecule has 1 aliphatic rings. The second-order valence-corrected chi connectivity index (χ2v) is 17.6. The largest absolute Gasteiger partial charge is 0.487 e. The van der Waals surface area contributed by atoms with Crippen molar-refractivity contribution < 1.29 is 53.2 Å². The van der Waals surface area contributed by atoms with Crippen molar-refractivity contribution in [2.75, 3.05) is 6.61 Å². The van der Waals surface area contributed by atoms with E-state index >= 15 is 0 Å². The minimum atomic E-state index is -1.91. The summed E-state index contributed by atoms with van der Waals surface area (Å²) in [6, 6.07) is 67.5. The monoisotopic (exact) mass is 972 g/mol. The highest BCUT2D eigenvalue weighted by molar-refractivity contribution is 5.21. The third kappa shape index (κ3) is 15.5. The van der Waals surface area contributed by atoms with E-state index in [9.17, 15) is 15.3 Å². The van der Waals surface area contributed by atoms with E-state index in [2.05, 4.69) is 0 Å². The van der Waals surface area contributed by atoms with Crippen LogP contribution in [0.25, 0.3) is 0 Å². The molecule has 0 radical (unpaired) electrons. The maximum Gasteiger partial charge on any atom is 0.218 e. The fraction of sp³-hybridized carbons (Fsp3) is 0.279. The fourth-order valence-electron chi connectivity index (χ4n) is 8.47. The molecular formula is C61H64O11. The van der Waals surface area contributed by atoms with Gasteiger partial charge in [-0.25, -0.2) is 0 Å². The molecule has 7 aromatic rings. The lowest BCUT2D eigenvalue weighted by atomic mass is 9.84. The average molecular weight is 973 g/mol. The summed E-state index contributed by atoms with van der Waals surface area (Å²) in [6.45, 7) is 1.14. The Morgan fingerprint density at radius 1 is 0.361 bits per heavy atom. The fourth-order valence-corrected chi connectivity index (χ4v) is 8.47. The number of aliphatic hydroxyl groups excluding tert-OH is 3. The van der Waals surface area contributed by atoms with Crippen LogP contribution >= 0.6 is 0 Å². The van der Waals surface area contributed by atoms with Crippen LogP contribution in [-0.4, -0.2) is 70.9 Å². The third-order valence-electron chi connectivity index (χ3n) is 12.3. The van der Waals surface area contributed by atoms with Crippen LogP contribution in [0, 0.1) is 0 Å². The van der Waals surface area contributed by atoms with Gasteiger partial charge < -0.3 is 53.2 Å². The predicted molar refractivity (Wildman–Crippen MR) is 273 cm³/mol. The highest BCUT2D eigenvalue weighted by Crippen LogP contribution is 2.35. The molecule has 1 saturated carbocycles. The second-order valence-electron chi connectivity index (χ2n) is 17.6. The van der Waals surface area contributed by atoms with Crippen LogP contribution in [0.3, 0.4) is 0 Å². The zero-order valence-corrected chi connectivity index (χ0v) is 40.3. The molecular weight excluding hydrogens is 909 g/mol. The van der Waals surface area contributed by atoms with Gasteiger partial charge in [0.2, 0.25) is 6.29 Å². The van der Waals surface area contributed by atoms with Crippen LogP contribution in [0.1, 0.15) is 45.4 Å². The van der Waals surface area contributed by atoms with Crippen molar-refractivity contribution in [1.82, 2.24) is 0 Å². The summed E-state index contributed by atoms with van der Waals surface area (Å²) in [5.74, 6) is 0.0851. The molecule has 0 saturated heterocycles. The number of benzene rings is 7. The van der Waals surface area contributed by atoms with E-state index in [4.69, 9.17) is 37.9 Å². The first-order valence-corrected chi connectivity index (χ1v) is 24.5. The molecule has 4 unspecified atom stereocenters. The Kier molecular flexibility index (Phi) is 20.1. The summed E-state index contributed by atoms with van der Waals surface area (Å²) in [5, 5.41) is 37.7. The second kappa shape index (κ2) is 27.9. The molecule has 0 spiro atoms. The molecule has 8 rings (SSSR count). The summed E-state index contributed by atoms with van der Waals surface area (Å²) < 4.78 is 53.0. The van der Waals surface area contributed by atoms with E-state index in [0.29, 0.717) is 13.0 Å². The van der Waals surface area contributed by atoms with Gasteiger partial charge in [0, 0.05) is 13.0 Å². The van der Waals surface area contributed by atoms with Crippen LogP contribution in [0.15, 0.2) is 224 Å². The number of ether oxygens (including phenoxy) is 8. The molecule has 3 N–H and O–H groups in total. The minimum Gasteiger partial charge on any atom is -0.487 e. The van der Waals surface area contributed by atoms with Gasteiger partial charge in [-0.3, -0.25) is 0 Å². The first-order chi connectivity index (χ1) is 35.5. The van der Waals surface area contributed by atoms with Gasteiger partial charge in [0.1, 0.15) is 55.9 Å². The van der Waals surface area contributed by atoms with Gasteiger partial charge in [-0.05, 0) is 38.9 Å². The van der Waals surface area contributed by atoms with Crippen LogP contribution in [-0.2, 0) is 84.1 Å². The normalized spacial score (nSPS) is 20.0. The zero-order chi connectivity index (χ0) is 49.6. The summed E-state index contributed by atoms with van der Waals surface area (Å²) in [7, 11) is 0. The zero-order valence-electron chi connectivity index (χ0n) is 40.3. The standard InChI is InChI=1S/C61H64O11/c62-53-56(68-41-48-28-14-4-15-29-48)54(63)58(59(70-43-50-32-18-6-19-33-50)57(53)69-42-49-30-16-5-17-31-49)72-61(64)60(71-44-51-34-20-7-21-35-51)55(67-40-47-26-12-3-13-27-47)52(66-39-46-24-10-2-11-25-46)36-37-65-38-45-22-8-1-9-23-45/h1-35,52-54,56-59,61-64H,36-44H2/b60-55-/t52-,53?,54-,56?,57-,58?,59?,61-/m0/s1. The highest BCUT2D eigenvalue weighted by atomic mass is 16.7. The smallest absolute Gasteiger partial charge is 0.218 e. The Labute approximate surface area is 422 Å². The van der Waals surface area contributed by atoms with Gasteiger partial charge in [-0.1, -0.05) is 212 Å². The van der Waals surface area contributed by atoms with E-state index in [1.807, 2.05) is 212 Å². The Morgan fingerprint density at radius 2 is 0.694 bits per heavy atom. The van der Waals surface area contributed by atoms with Gasteiger partial charge in [0.25, 0.3) is 0 Å². The molecule has 374 valence electrons. The number of hydrogen-bond acceptors (Lipinski definition) is 11. The van der Waals surface area contributed by atoms with E-state index in [0.717, 1.165) is 38.9 Å². The van der Waals surface area contributed by atoms with E-state index in [1.165, 1.54) is 0 Å². The Hall–Kier alpha value is -6.48. The van der Waals surface area contributed by atoms with Gasteiger partial charge in [-0.15, -0.1) is 0 Å². The highest BCUT2D eigenvalue weighted by Gasteiger charge is 2.54.